The topological polar surface area (TPSA) is 334 Å². The Morgan fingerprint density at radius 1 is 0.622 bits per heavy atom. The van der Waals surface area contributed by atoms with Crippen LogP contribution in [0.1, 0.15) is 120 Å². The summed E-state index contributed by atoms with van der Waals surface area (Å²) in [6.45, 7) is 15.3. The van der Waals surface area contributed by atoms with Crippen molar-refractivity contribution < 1.29 is 104 Å². The summed E-state index contributed by atoms with van der Waals surface area (Å²) < 4.78 is 48.4. The molecule has 9 rings (SSSR count). The molecule has 9 aliphatic rings. The molecule has 12 N–H and O–H groups in total. The summed E-state index contributed by atoms with van der Waals surface area (Å²) in [6, 6.07) is 0. The van der Waals surface area contributed by atoms with Gasteiger partial charge in [-0.3, -0.25) is 4.79 Å². The average Bonchev–Trinajstić information content (AvgIpc) is 3.36. The molecule has 0 radical (unpaired) electrons. The summed E-state index contributed by atoms with van der Waals surface area (Å²) >= 11 is 0. The van der Waals surface area contributed by atoms with Gasteiger partial charge in [-0.2, -0.15) is 0 Å². The Bertz CT molecular complexity index is 2040. The van der Waals surface area contributed by atoms with Crippen molar-refractivity contribution in [3.8, 4) is 0 Å². The highest BCUT2D eigenvalue weighted by Gasteiger charge is 2.70. The number of aliphatic hydroxyl groups is 12. The molecule has 21 heteroatoms. The highest BCUT2D eigenvalue weighted by atomic mass is 16.8. The monoisotopic (exact) mass is 1060 g/mol. The lowest BCUT2D eigenvalue weighted by molar-refractivity contribution is -0.394. The smallest absolute Gasteiger partial charge is 0.315 e. The Kier molecular flexibility index (Phi) is 15.8. The maximum Gasteiger partial charge on any atom is 0.315 e. The second-order valence-corrected chi connectivity index (χ2v) is 25.6. The summed E-state index contributed by atoms with van der Waals surface area (Å²) in [5.41, 5.74) is -1.05. The number of allylic oxidation sites excluding steroid dienone is 2. The molecule has 4 saturated carbocycles. The minimum Gasteiger partial charge on any atom is -0.432 e. The van der Waals surface area contributed by atoms with Gasteiger partial charge in [0.1, 0.15) is 73.2 Å². The van der Waals surface area contributed by atoms with Crippen LogP contribution >= 0.6 is 0 Å². The second-order valence-electron chi connectivity index (χ2n) is 25.6. The first-order chi connectivity index (χ1) is 34.6. The van der Waals surface area contributed by atoms with Gasteiger partial charge in [0.25, 0.3) is 0 Å². The van der Waals surface area contributed by atoms with Crippen LogP contribution in [0.25, 0.3) is 0 Å². The Hall–Kier alpha value is -1.55. The van der Waals surface area contributed by atoms with E-state index in [2.05, 4.69) is 40.7 Å². The minimum atomic E-state index is -1.99. The number of carbonyl (C=O) groups excluding carboxylic acids is 1. The summed E-state index contributed by atoms with van der Waals surface area (Å²) in [4.78, 5) is 15.5. The van der Waals surface area contributed by atoms with Crippen LogP contribution < -0.4 is 0 Å². The molecule has 0 unspecified atom stereocenters. The van der Waals surface area contributed by atoms with Crippen LogP contribution in [-0.2, 0) is 42.7 Å². The summed E-state index contributed by atoms with van der Waals surface area (Å²) in [6.07, 6.45) is -22.4. The Morgan fingerprint density at radius 3 is 1.95 bits per heavy atom. The van der Waals surface area contributed by atoms with Gasteiger partial charge in [0.15, 0.2) is 25.0 Å². The molecule has 0 aromatic heterocycles. The van der Waals surface area contributed by atoms with Crippen molar-refractivity contribution >= 4 is 5.97 Å². The van der Waals surface area contributed by atoms with Crippen molar-refractivity contribution in [2.24, 2.45) is 50.2 Å². The van der Waals surface area contributed by atoms with Crippen molar-refractivity contribution in [3.63, 3.8) is 0 Å². The van der Waals surface area contributed by atoms with E-state index in [9.17, 15) is 61.3 Å². The standard InChI is InChI=1S/C53H86O21/c1-23-32(58)36(62)42(73-45-39(65)41(72-44-38(64)35(61)34(60)28(20-54)70-44)40(24(2)69-45)71-43-37(63)33(59)27(56)21-67-43)46(68-23)74-47(66)53-17-15-48(3,4)19-26(53)25-9-10-30-49(5)13-12-31(57)50(6,22-55)29(49)11-14-52(30,8)51(25,7)16-18-53/h9,23-24,26-46,54-65H,10-22H2,1-8H3/t23-,24+,26+,27-,28-,29-,30-,31+,32+,33+,34-,35+,36+,37-,38-,39-,40+,41+,42-,43+,44+,45+,46+,49+,50+,51-,52-,53+/m1/s1. The molecule has 21 nitrogen and oxygen atoms in total. The molecular formula is C53H86O21. The normalized spacial score (nSPS) is 55.4. The molecule has 0 bridgehead atoms. The van der Waals surface area contributed by atoms with Gasteiger partial charge in [-0.05, 0) is 117 Å². The first-order valence-corrected chi connectivity index (χ1v) is 27.1. The molecule has 0 amide bonds. The van der Waals surface area contributed by atoms with E-state index in [-0.39, 0.29) is 46.0 Å². The molecule has 5 aliphatic carbocycles. The maximum absolute atomic E-state index is 15.5. The molecule has 0 aromatic carbocycles. The van der Waals surface area contributed by atoms with E-state index >= 15 is 4.79 Å². The van der Waals surface area contributed by atoms with E-state index < -0.39 is 153 Å². The molecule has 28 atom stereocenters. The number of hydrogen-bond acceptors (Lipinski definition) is 21. The number of fused-ring (bicyclic) bond motifs is 7. The number of hydrogen-bond donors (Lipinski definition) is 12. The Labute approximate surface area is 433 Å². The van der Waals surface area contributed by atoms with E-state index in [4.69, 9.17) is 37.9 Å². The number of esters is 1. The quantitative estimate of drug-likeness (QED) is 0.0981. The van der Waals surface area contributed by atoms with Gasteiger partial charge < -0.3 is 99.2 Å². The number of carbonyl (C=O) groups is 1. The van der Waals surface area contributed by atoms with Crippen LogP contribution in [0.3, 0.4) is 0 Å². The summed E-state index contributed by atoms with van der Waals surface area (Å²) in [5.74, 6) is -0.348. The Balaban J connectivity index is 0.994. The van der Waals surface area contributed by atoms with E-state index in [1.165, 1.54) is 19.4 Å². The molecule has 4 heterocycles. The average molecular weight is 1060 g/mol. The predicted molar refractivity (Wildman–Crippen MR) is 255 cm³/mol. The lowest BCUT2D eigenvalue weighted by Crippen LogP contribution is -2.67. The zero-order valence-corrected chi connectivity index (χ0v) is 44.1. The first-order valence-electron chi connectivity index (χ1n) is 27.1. The third-order valence-electron chi connectivity index (χ3n) is 21.1. The minimum absolute atomic E-state index is 0.0753. The molecule has 4 aliphatic heterocycles. The van der Waals surface area contributed by atoms with Crippen molar-refractivity contribution in [2.75, 3.05) is 19.8 Å². The van der Waals surface area contributed by atoms with Crippen LogP contribution in [0.15, 0.2) is 11.6 Å². The number of rotatable bonds is 10. The zero-order chi connectivity index (χ0) is 54.0. The van der Waals surface area contributed by atoms with Crippen LogP contribution in [-0.4, -0.2) is 210 Å². The highest BCUT2D eigenvalue weighted by Crippen LogP contribution is 2.76. The molecule has 8 fully saturated rings. The van der Waals surface area contributed by atoms with Crippen LogP contribution in [0.5, 0.6) is 0 Å². The van der Waals surface area contributed by atoms with Crippen molar-refractivity contribution in [2.45, 2.75) is 242 Å². The van der Waals surface area contributed by atoms with Gasteiger partial charge in [-0.1, -0.05) is 53.2 Å². The predicted octanol–water partition coefficient (Wildman–Crippen LogP) is -0.369. The molecule has 4 saturated heterocycles. The SMILES string of the molecule is C[C@@H]1O[C@@H](O[C@H]2[C@H](OC(=O)[C@]34CCC(C)(C)C[C@H]3C3=CC[C@@H]5[C@@]6(C)CC[C@H](O)[C@@](C)(CO)[C@@H]6CC[C@@]5(C)[C@]3(C)CC4)O[C@H](C)[C@H](O)[C@@H]2O)[C@H](O)[C@H](O[C@@H]2O[C@H](CO)[C@@H](O)[C@H](O)[C@H]2O)[C@H]1O[C@@H]1OC[C@@H](O)[C@H](O)[C@H]1O. The van der Waals surface area contributed by atoms with Crippen molar-refractivity contribution in [1.82, 2.24) is 0 Å². The van der Waals surface area contributed by atoms with Crippen LogP contribution in [0.2, 0.25) is 0 Å². The third-order valence-corrected chi connectivity index (χ3v) is 21.1. The van der Waals surface area contributed by atoms with Gasteiger partial charge >= 0.3 is 5.97 Å². The first kappa shape index (κ1) is 57.1. The number of ether oxygens (including phenoxy) is 8. The second kappa shape index (κ2) is 20.5. The highest BCUT2D eigenvalue weighted by molar-refractivity contribution is 5.79. The molecule has 0 aromatic rings. The third kappa shape index (κ3) is 9.08. The van der Waals surface area contributed by atoms with Gasteiger partial charge in [-0.15, -0.1) is 0 Å². The molecule has 424 valence electrons. The van der Waals surface area contributed by atoms with E-state index in [1.54, 1.807) is 0 Å². The van der Waals surface area contributed by atoms with E-state index in [1.807, 2.05) is 6.92 Å². The Morgan fingerprint density at radius 2 is 1.26 bits per heavy atom. The summed E-state index contributed by atoms with van der Waals surface area (Å²) in [7, 11) is 0. The van der Waals surface area contributed by atoms with Crippen molar-refractivity contribution in [3.05, 3.63) is 11.6 Å². The van der Waals surface area contributed by atoms with Gasteiger partial charge in [0, 0.05) is 5.41 Å². The van der Waals surface area contributed by atoms with Gasteiger partial charge in [0.2, 0.25) is 6.29 Å². The lowest BCUT2D eigenvalue weighted by Gasteiger charge is -2.71. The summed E-state index contributed by atoms with van der Waals surface area (Å²) in [5, 5.41) is 131. The number of aliphatic hydroxyl groups excluding tert-OH is 12. The molecular weight excluding hydrogens is 973 g/mol. The molecule has 74 heavy (non-hydrogen) atoms. The zero-order valence-electron chi connectivity index (χ0n) is 44.1. The fourth-order valence-electron chi connectivity index (χ4n) is 16.1. The van der Waals surface area contributed by atoms with Crippen LogP contribution in [0.4, 0.5) is 0 Å². The van der Waals surface area contributed by atoms with E-state index in [0.29, 0.717) is 32.1 Å². The van der Waals surface area contributed by atoms with Crippen LogP contribution in [0, 0.1) is 50.2 Å². The van der Waals surface area contributed by atoms with Crippen molar-refractivity contribution in [1.29, 1.82) is 0 Å². The maximum atomic E-state index is 15.5. The molecule has 0 spiro atoms. The largest absolute Gasteiger partial charge is 0.432 e. The van der Waals surface area contributed by atoms with E-state index in [0.717, 1.165) is 32.1 Å². The lowest BCUT2D eigenvalue weighted by atomic mass is 9.33. The van der Waals surface area contributed by atoms with Gasteiger partial charge in [0.05, 0.1) is 43.5 Å². The van der Waals surface area contributed by atoms with Gasteiger partial charge in [-0.25, -0.2) is 0 Å². The fraction of sp³-hybridized carbons (Fsp3) is 0.943. The fourth-order valence-corrected chi connectivity index (χ4v) is 16.1.